The average molecular weight is 581 g/mol. The summed E-state index contributed by atoms with van der Waals surface area (Å²) in [5, 5.41) is 20.2. The van der Waals surface area contributed by atoms with Gasteiger partial charge in [-0.1, -0.05) is 5.16 Å². The molecule has 4 rings (SSSR count). The number of nitrogens with zero attached hydrogens (tertiary/aromatic N) is 6. The third kappa shape index (κ3) is 6.17. The zero-order chi connectivity index (χ0) is 27.2. The van der Waals surface area contributed by atoms with Crippen molar-refractivity contribution in [2.45, 2.75) is 23.2 Å². The number of carbonyl (C=O) groups excluding carboxylic acids is 2. The maximum Gasteiger partial charge on any atom is 0.382 e. The molecule has 38 heavy (non-hydrogen) atoms. The molecule has 0 saturated carbocycles. The second-order valence-electron chi connectivity index (χ2n) is 8.04. The first-order chi connectivity index (χ1) is 18.3. The fourth-order valence-corrected chi connectivity index (χ4v) is 6.75. The van der Waals surface area contributed by atoms with Gasteiger partial charge in [0.2, 0.25) is 0 Å². The van der Waals surface area contributed by atoms with Crippen LogP contribution in [0.3, 0.4) is 0 Å². The number of hydrogen-bond acceptors (Lipinski definition) is 13. The highest BCUT2D eigenvalue weighted by molar-refractivity contribution is 8.01. The predicted molar refractivity (Wildman–Crippen MR) is 143 cm³/mol. The molecule has 4 heterocycles. The average Bonchev–Trinajstić information content (AvgIpc) is 3.32. The number of rotatable bonds is 12. The highest BCUT2D eigenvalue weighted by atomic mass is 32.2. The number of aromatic nitrogens is 3. The molecule has 1 fully saturated rings. The van der Waals surface area contributed by atoms with Crippen LogP contribution in [0.4, 0.5) is 5.13 Å². The van der Waals surface area contributed by atoms with Gasteiger partial charge in [0.1, 0.15) is 35.7 Å². The van der Waals surface area contributed by atoms with Gasteiger partial charge in [0, 0.05) is 36.5 Å². The molecule has 0 aromatic carbocycles. The van der Waals surface area contributed by atoms with E-state index in [0.29, 0.717) is 46.2 Å². The van der Waals surface area contributed by atoms with Crippen molar-refractivity contribution in [1.29, 1.82) is 0 Å². The van der Waals surface area contributed by atoms with Crippen LogP contribution in [0.15, 0.2) is 45.4 Å². The molecule has 1 saturated heterocycles. The monoisotopic (exact) mass is 580 g/mol. The number of thiazole rings is 1. The lowest BCUT2D eigenvalue weighted by molar-refractivity contribution is -0.730. The summed E-state index contributed by atoms with van der Waals surface area (Å²) in [5.74, 6) is -1.63. The number of carboxylic acids is 1. The van der Waals surface area contributed by atoms with Crippen LogP contribution in [0.5, 0.6) is 0 Å². The van der Waals surface area contributed by atoms with Crippen LogP contribution in [0.2, 0.25) is 0 Å². The first-order valence-electron chi connectivity index (χ1n) is 11.3. The Bertz CT molecular complexity index is 1270. The lowest BCUT2D eigenvalue weighted by Gasteiger charge is -2.49. The molecule has 2 atom stereocenters. The number of fused-ring (bicyclic) bond motifs is 1. The molecule has 6 N–H and O–H groups in total. The molecule has 2 aromatic heterocycles. The Balaban J connectivity index is 1.37. The Morgan fingerprint density at radius 3 is 3.03 bits per heavy atom. The summed E-state index contributed by atoms with van der Waals surface area (Å²) >= 11 is 4.01. The molecule has 2 aromatic rings. The number of carboxylic acid groups (broad SMARTS) is 1. The topological polar surface area (TPSA) is 193 Å². The van der Waals surface area contributed by atoms with Crippen molar-refractivity contribution in [3.8, 4) is 0 Å². The van der Waals surface area contributed by atoms with Crippen molar-refractivity contribution < 1.29 is 29.0 Å². The van der Waals surface area contributed by atoms with Crippen LogP contribution < -0.4 is 26.5 Å². The lowest BCUT2D eigenvalue weighted by Crippen LogP contribution is -2.70. The maximum absolute atomic E-state index is 12.9. The van der Waals surface area contributed by atoms with Gasteiger partial charge in [-0.15, -0.1) is 27.8 Å². The molecule has 17 heteroatoms. The normalized spacial score (nSPS) is 18.8. The van der Waals surface area contributed by atoms with E-state index in [-0.39, 0.29) is 12.3 Å². The summed E-state index contributed by atoms with van der Waals surface area (Å²) in [5.41, 5.74) is 12.3. The minimum absolute atomic E-state index is 0.0431. The number of thioether (sulfide) groups is 2. The Kier molecular flexibility index (Phi) is 9.03. The molecule has 0 bridgehead atoms. The van der Waals surface area contributed by atoms with Crippen molar-refractivity contribution >= 4 is 64.0 Å². The second kappa shape index (κ2) is 12.4. The number of oxime groups is 1. The van der Waals surface area contributed by atoms with E-state index in [1.807, 2.05) is 22.9 Å². The van der Waals surface area contributed by atoms with Crippen molar-refractivity contribution in [3.63, 3.8) is 0 Å². The van der Waals surface area contributed by atoms with Crippen molar-refractivity contribution in [2.24, 2.45) is 10.9 Å². The molecule has 2 aliphatic heterocycles. The standard InChI is InChI=1S/C21H25N9O5S3/c1-28(6-3-22)29-5-2-4-24-21(29)38-10-12-9-36-18-15(17(32)30(18)16(12)19(33)34)27-14(31)7-25-35-8-13-11-37-20(23)26-13/h2,4-5,7,11,15,18H,3,6,8-10,22H2,1H3,(H3-,23,26,27,31,33,34)/p+1/b25-7-. The first kappa shape index (κ1) is 27.6. The van der Waals surface area contributed by atoms with Crippen molar-refractivity contribution in [1.82, 2.24) is 20.2 Å². The molecule has 0 radical (unpaired) electrons. The summed E-state index contributed by atoms with van der Waals surface area (Å²) in [6, 6.07) is 0.921. The van der Waals surface area contributed by atoms with Gasteiger partial charge in [-0.05, 0) is 22.3 Å². The minimum atomic E-state index is -1.20. The van der Waals surface area contributed by atoms with Gasteiger partial charge in [0.25, 0.3) is 11.8 Å². The van der Waals surface area contributed by atoms with Crippen LogP contribution in [0.25, 0.3) is 0 Å². The van der Waals surface area contributed by atoms with E-state index < -0.39 is 29.2 Å². The predicted octanol–water partition coefficient (Wildman–Crippen LogP) is -1.03. The SMILES string of the molecule is CN(CCN)[n+]1cccnc1SCC1=C(C(=O)O)N2C(=O)C(NC(=O)/C=N\OCc3csc(N)n3)C2SC1. The molecule has 0 aliphatic carbocycles. The number of amides is 2. The van der Waals surface area contributed by atoms with Crippen molar-refractivity contribution in [2.75, 3.05) is 42.4 Å². The summed E-state index contributed by atoms with van der Waals surface area (Å²) in [6.07, 6.45) is 4.42. The number of nitrogens with two attached hydrogens (primary N) is 2. The second-order valence-corrected chi connectivity index (χ2v) is 11.0. The number of carbonyl (C=O) groups is 3. The van der Waals surface area contributed by atoms with E-state index >= 15 is 0 Å². The Morgan fingerprint density at radius 2 is 2.32 bits per heavy atom. The Labute approximate surface area is 230 Å². The van der Waals surface area contributed by atoms with Gasteiger partial charge < -0.3 is 26.7 Å². The number of hydrogen-bond donors (Lipinski definition) is 4. The van der Waals surface area contributed by atoms with E-state index in [9.17, 15) is 19.5 Å². The van der Waals surface area contributed by atoms with Crippen LogP contribution in [-0.4, -0.2) is 87.0 Å². The molecule has 2 aliphatic rings. The lowest BCUT2D eigenvalue weighted by atomic mass is 10.0. The van der Waals surface area contributed by atoms with E-state index in [0.717, 1.165) is 6.21 Å². The number of likely N-dealkylation sites (N-methyl/N-ethyl adjacent to an activating group) is 1. The Morgan fingerprint density at radius 1 is 1.50 bits per heavy atom. The Hall–Kier alpha value is -3.41. The smallest absolute Gasteiger partial charge is 0.382 e. The number of β-lactam (4-membered cyclic amide) rings is 1. The van der Waals surface area contributed by atoms with Crippen LogP contribution in [-0.2, 0) is 25.8 Å². The fourth-order valence-electron chi connectivity index (χ4n) is 3.72. The molecule has 2 amide bonds. The van der Waals surface area contributed by atoms with Gasteiger partial charge >= 0.3 is 11.1 Å². The van der Waals surface area contributed by atoms with Crippen LogP contribution in [0.1, 0.15) is 5.69 Å². The summed E-state index contributed by atoms with van der Waals surface area (Å²) in [6.45, 7) is 1.11. The summed E-state index contributed by atoms with van der Waals surface area (Å²) in [4.78, 5) is 51.9. The molecule has 0 spiro atoms. The zero-order valence-electron chi connectivity index (χ0n) is 20.2. The van der Waals surface area contributed by atoms with E-state index in [2.05, 4.69) is 20.4 Å². The van der Waals surface area contributed by atoms with E-state index in [4.69, 9.17) is 16.3 Å². The number of aliphatic carboxylic acids is 1. The third-order valence-corrected chi connectivity index (χ3v) is 8.57. The highest BCUT2D eigenvalue weighted by Gasteiger charge is 2.54. The highest BCUT2D eigenvalue weighted by Crippen LogP contribution is 2.41. The van der Waals surface area contributed by atoms with Crippen LogP contribution in [0, 0.1) is 0 Å². The largest absolute Gasteiger partial charge is 0.477 e. The maximum atomic E-state index is 12.9. The van der Waals surface area contributed by atoms with Crippen molar-refractivity contribution in [3.05, 3.63) is 40.8 Å². The zero-order valence-corrected chi connectivity index (χ0v) is 22.7. The molecular weight excluding hydrogens is 554 g/mol. The van der Waals surface area contributed by atoms with Gasteiger partial charge in [0.05, 0.1) is 12.2 Å². The van der Waals surface area contributed by atoms with Gasteiger partial charge in [-0.3, -0.25) is 14.5 Å². The van der Waals surface area contributed by atoms with Gasteiger partial charge in [-0.2, -0.15) is 0 Å². The quantitative estimate of drug-likeness (QED) is 0.0596. The molecule has 202 valence electrons. The first-order valence-corrected chi connectivity index (χ1v) is 14.2. The fraction of sp³-hybridized carbons (Fsp3) is 0.381. The third-order valence-electron chi connectivity index (χ3n) is 5.46. The number of nitrogens with one attached hydrogen (secondary N) is 1. The van der Waals surface area contributed by atoms with E-state index in [1.165, 1.54) is 39.8 Å². The van der Waals surface area contributed by atoms with Gasteiger partial charge in [-0.25, -0.2) is 14.8 Å². The number of anilines is 1. The molecule has 14 nitrogen and oxygen atoms in total. The minimum Gasteiger partial charge on any atom is -0.477 e. The number of nitrogen functional groups attached to an aromatic ring is 1. The summed E-state index contributed by atoms with van der Waals surface area (Å²) < 4.78 is 1.84. The van der Waals surface area contributed by atoms with Gasteiger partial charge in [0.15, 0.2) is 11.7 Å². The molecular formula is C21H26N9O5S3+. The summed E-state index contributed by atoms with van der Waals surface area (Å²) in [7, 11) is 1.88. The molecule has 2 unspecified atom stereocenters. The van der Waals surface area contributed by atoms with E-state index in [1.54, 1.807) is 17.6 Å². The van der Waals surface area contributed by atoms with Crippen LogP contribution >= 0.6 is 34.9 Å².